The molecular weight excluding hydrogens is 185 g/mol. The number of alkyl halides is 3. The topological polar surface area (TPSA) is 29.5 Å². The van der Waals surface area contributed by atoms with Crippen LogP contribution in [0.25, 0.3) is 0 Å². The molecule has 0 amide bonds. The molecule has 0 aromatic heterocycles. The van der Waals surface area contributed by atoms with Crippen LogP contribution in [-0.2, 0) is 4.74 Å². The van der Waals surface area contributed by atoms with Crippen LogP contribution < -0.4 is 0 Å². The second kappa shape index (κ2) is 4.81. The van der Waals surface area contributed by atoms with E-state index < -0.39 is 18.4 Å². The van der Waals surface area contributed by atoms with Crippen molar-refractivity contribution in [2.75, 3.05) is 13.2 Å². The predicted molar refractivity (Wildman–Crippen MR) is 42.4 cm³/mol. The Bertz CT molecular complexity index is 143. The number of hydrogen-bond acceptors (Lipinski definition) is 2. The summed E-state index contributed by atoms with van der Waals surface area (Å²) >= 11 is 0. The SMILES string of the molecule is CCCC(C)(O)COCC(F)(F)F. The first-order valence-electron chi connectivity index (χ1n) is 4.14. The largest absolute Gasteiger partial charge is 0.411 e. The third-order valence-electron chi connectivity index (χ3n) is 1.47. The van der Waals surface area contributed by atoms with E-state index in [1.165, 1.54) is 6.92 Å². The molecule has 0 aliphatic carbocycles. The van der Waals surface area contributed by atoms with E-state index in [2.05, 4.69) is 4.74 Å². The number of rotatable bonds is 5. The van der Waals surface area contributed by atoms with E-state index in [1.54, 1.807) is 0 Å². The molecule has 1 atom stereocenters. The molecule has 0 radical (unpaired) electrons. The molecule has 0 aliphatic heterocycles. The Hall–Kier alpha value is -0.290. The number of halogens is 3. The quantitative estimate of drug-likeness (QED) is 0.736. The van der Waals surface area contributed by atoms with E-state index in [4.69, 9.17) is 0 Å². The molecule has 1 unspecified atom stereocenters. The summed E-state index contributed by atoms with van der Waals surface area (Å²) in [5.41, 5.74) is -1.15. The zero-order valence-electron chi connectivity index (χ0n) is 7.82. The van der Waals surface area contributed by atoms with E-state index >= 15 is 0 Å². The van der Waals surface area contributed by atoms with Gasteiger partial charge in [0, 0.05) is 0 Å². The summed E-state index contributed by atoms with van der Waals surface area (Å²) in [7, 11) is 0. The lowest BCUT2D eigenvalue weighted by molar-refractivity contribution is -0.185. The summed E-state index contributed by atoms with van der Waals surface area (Å²) in [6, 6.07) is 0. The van der Waals surface area contributed by atoms with Gasteiger partial charge in [-0.05, 0) is 13.3 Å². The van der Waals surface area contributed by atoms with Crippen molar-refractivity contribution in [3.05, 3.63) is 0 Å². The Morgan fingerprint density at radius 2 is 1.77 bits per heavy atom. The van der Waals surface area contributed by atoms with Gasteiger partial charge in [0.1, 0.15) is 6.61 Å². The number of aliphatic hydroxyl groups is 1. The van der Waals surface area contributed by atoms with Gasteiger partial charge in [0.2, 0.25) is 0 Å². The maximum absolute atomic E-state index is 11.6. The minimum absolute atomic E-state index is 0.277. The maximum Gasteiger partial charge on any atom is 0.411 e. The molecule has 0 spiro atoms. The summed E-state index contributed by atoms with van der Waals surface area (Å²) in [5, 5.41) is 9.42. The van der Waals surface area contributed by atoms with Crippen molar-refractivity contribution in [1.82, 2.24) is 0 Å². The fourth-order valence-corrected chi connectivity index (χ4v) is 0.997. The van der Waals surface area contributed by atoms with Crippen LogP contribution in [0.5, 0.6) is 0 Å². The Labute approximate surface area is 75.7 Å². The van der Waals surface area contributed by atoms with Crippen molar-refractivity contribution in [3.63, 3.8) is 0 Å². The van der Waals surface area contributed by atoms with Gasteiger partial charge < -0.3 is 9.84 Å². The van der Waals surface area contributed by atoms with Gasteiger partial charge >= 0.3 is 6.18 Å². The molecule has 0 saturated carbocycles. The summed E-state index contributed by atoms with van der Waals surface area (Å²) in [5.74, 6) is 0. The minimum Gasteiger partial charge on any atom is -0.388 e. The van der Waals surface area contributed by atoms with E-state index in [-0.39, 0.29) is 6.61 Å². The monoisotopic (exact) mass is 200 g/mol. The molecule has 0 rings (SSSR count). The van der Waals surface area contributed by atoms with Gasteiger partial charge in [-0.3, -0.25) is 0 Å². The van der Waals surface area contributed by atoms with Crippen molar-refractivity contribution in [3.8, 4) is 0 Å². The highest BCUT2D eigenvalue weighted by atomic mass is 19.4. The standard InChI is InChI=1S/C8H15F3O2/c1-3-4-7(2,12)5-13-6-8(9,10)11/h12H,3-6H2,1-2H3. The molecule has 0 heterocycles. The molecule has 0 aliphatic rings. The van der Waals surface area contributed by atoms with Gasteiger partial charge in [-0.2, -0.15) is 13.2 Å². The van der Waals surface area contributed by atoms with E-state index in [0.717, 1.165) is 0 Å². The number of hydrogen-bond donors (Lipinski definition) is 1. The molecule has 13 heavy (non-hydrogen) atoms. The molecule has 0 aromatic rings. The first-order valence-corrected chi connectivity index (χ1v) is 4.14. The summed E-state index contributed by atoms with van der Waals surface area (Å²) in [4.78, 5) is 0. The highest BCUT2D eigenvalue weighted by Gasteiger charge is 2.29. The Morgan fingerprint density at radius 3 is 2.15 bits per heavy atom. The first-order chi connectivity index (χ1) is 5.77. The second-order valence-corrected chi connectivity index (χ2v) is 3.35. The minimum atomic E-state index is -4.32. The average molecular weight is 200 g/mol. The molecular formula is C8H15F3O2. The zero-order valence-corrected chi connectivity index (χ0v) is 7.82. The average Bonchev–Trinajstić information content (AvgIpc) is 1.82. The summed E-state index contributed by atoms with van der Waals surface area (Å²) < 4.78 is 39.2. The molecule has 0 aromatic carbocycles. The molecule has 80 valence electrons. The smallest absolute Gasteiger partial charge is 0.388 e. The number of ether oxygens (including phenoxy) is 1. The normalized spacial score (nSPS) is 17.1. The van der Waals surface area contributed by atoms with E-state index in [1.807, 2.05) is 6.92 Å². The molecule has 0 bridgehead atoms. The summed E-state index contributed by atoms with van der Waals surface area (Å²) in [6.45, 7) is 1.73. The zero-order chi connectivity index (χ0) is 10.5. The highest BCUT2D eigenvalue weighted by molar-refractivity contribution is 4.70. The van der Waals surface area contributed by atoms with Gasteiger partial charge in [-0.25, -0.2) is 0 Å². The van der Waals surface area contributed by atoms with Gasteiger partial charge in [0.25, 0.3) is 0 Å². The van der Waals surface area contributed by atoms with Crippen molar-refractivity contribution in [2.24, 2.45) is 0 Å². The molecule has 1 N–H and O–H groups in total. The van der Waals surface area contributed by atoms with Crippen LogP contribution in [0.3, 0.4) is 0 Å². The molecule has 2 nitrogen and oxygen atoms in total. The predicted octanol–water partition coefficient (Wildman–Crippen LogP) is 2.12. The van der Waals surface area contributed by atoms with Crippen molar-refractivity contribution < 1.29 is 23.0 Å². The van der Waals surface area contributed by atoms with Crippen LogP contribution in [0, 0.1) is 0 Å². The highest BCUT2D eigenvalue weighted by Crippen LogP contribution is 2.17. The third-order valence-corrected chi connectivity index (χ3v) is 1.47. The lowest BCUT2D eigenvalue weighted by Gasteiger charge is -2.22. The van der Waals surface area contributed by atoms with Crippen LogP contribution in [0.4, 0.5) is 13.2 Å². The molecule has 0 fully saturated rings. The van der Waals surface area contributed by atoms with Crippen molar-refractivity contribution >= 4 is 0 Å². The van der Waals surface area contributed by atoms with Crippen LogP contribution in [0.2, 0.25) is 0 Å². The Balaban J connectivity index is 3.63. The van der Waals surface area contributed by atoms with Gasteiger partial charge in [-0.1, -0.05) is 13.3 Å². The Morgan fingerprint density at radius 1 is 1.23 bits per heavy atom. The van der Waals surface area contributed by atoms with Gasteiger partial charge in [0.05, 0.1) is 12.2 Å². The van der Waals surface area contributed by atoms with Crippen LogP contribution in [0.1, 0.15) is 26.7 Å². The van der Waals surface area contributed by atoms with Gasteiger partial charge in [-0.15, -0.1) is 0 Å². The lowest BCUT2D eigenvalue weighted by atomic mass is 10.0. The van der Waals surface area contributed by atoms with Crippen LogP contribution in [-0.4, -0.2) is 30.1 Å². The lowest BCUT2D eigenvalue weighted by Crippen LogP contribution is -2.32. The van der Waals surface area contributed by atoms with Crippen molar-refractivity contribution in [2.45, 2.75) is 38.5 Å². The molecule has 0 saturated heterocycles. The van der Waals surface area contributed by atoms with E-state index in [0.29, 0.717) is 12.8 Å². The Kier molecular flexibility index (Phi) is 4.70. The second-order valence-electron chi connectivity index (χ2n) is 3.35. The fraction of sp³-hybridized carbons (Fsp3) is 1.00. The summed E-state index contributed by atoms with van der Waals surface area (Å²) in [6.07, 6.45) is -3.17. The van der Waals surface area contributed by atoms with Crippen LogP contribution in [0.15, 0.2) is 0 Å². The van der Waals surface area contributed by atoms with Crippen LogP contribution >= 0.6 is 0 Å². The molecule has 5 heteroatoms. The van der Waals surface area contributed by atoms with Crippen molar-refractivity contribution in [1.29, 1.82) is 0 Å². The van der Waals surface area contributed by atoms with Gasteiger partial charge in [0.15, 0.2) is 0 Å². The van der Waals surface area contributed by atoms with E-state index in [9.17, 15) is 18.3 Å². The fourth-order valence-electron chi connectivity index (χ4n) is 0.997. The first kappa shape index (κ1) is 12.7. The maximum atomic E-state index is 11.6. The third kappa shape index (κ3) is 8.05.